The van der Waals surface area contributed by atoms with Crippen LogP contribution in [0.3, 0.4) is 0 Å². The topological polar surface area (TPSA) is 17.3 Å². The number of hydrogen-bond donors (Lipinski definition) is 0. The van der Waals surface area contributed by atoms with Gasteiger partial charge in [0, 0.05) is 18.0 Å². The van der Waals surface area contributed by atoms with E-state index in [0.29, 0.717) is 5.69 Å². The van der Waals surface area contributed by atoms with Gasteiger partial charge in [-0.3, -0.25) is 0 Å². The fourth-order valence-electron chi connectivity index (χ4n) is 1.74. The Kier molecular flexibility index (Phi) is 2.14. The average Bonchev–Trinajstić information content (AvgIpc) is 2.75. The summed E-state index contributed by atoms with van der Waals surface area (Å²) in [6.45, 7) is 0. The number of imidazole rings is 1. The van der Waals surface area contributed by atoms with Crippen molar-refractivity contribution < 1.29 is 8.78 Å². The van der Waals surface area contributed by atoms with Gasteiger partial charge in [0.1, 0.15) is 5.82 Å². The number of nitrogens with zero attached hydrogens (tertiary/aromatic N) is 2. The van der Waals surface area contributed by atoms with E-state index < -0.39 is 0 Å². The van der Waals surface area contributed by atoms with Gasteiger partial charge >= 0.3 is 0 Å². The van der Waals surface area contributed by atoms with Crippen molar-refractivity contribution in [3.8, 4) is 11.3 Å². The predicted octanol–water partition coefficient (Wildman–Crippen LogP) is 3.28. The average molecular weight is 230 g/mol. The minimum absolute atomic E-state index is 0.270. The molecule has 0 saturated carbocycles. The van der Waals surface area contributed by atoms with Gasteiger partial charge in [0.05, 0.1) is 5.69 Å². The van der Waals surface area contributed by atoms with E-state index in [-0.39, 0.29) is 17.3 Å². The molecule has 0 saturated heterocycles. The highest BCUT2D eigenvalue weighted by atomic mass is 19.1. The van der Waals surface area contributed by atoms with Crippen molar-refractivity contribution in [3.63, 3.8) is 0 Å². The smallest absolute Gasteiger partial charge is 0.173 e. The minimum atomic E-state index is -0.374. The molecule has 84 valence electrons. The van der Waals surface area contributed by atoms with Gasteiger partial charge in [-0.2, -0.15) is 0 Å². The molecule has 2 aromatic heterocycles. The van der Waals surface area contributed by atoms with Gasteiger partial charge in [0.25, 0.3) is 0 Å². The predicted molar refractivity (Wildman–Crippen MR) is 60.5 cm³/mol. The number of benzene rings is 1. The van der Waals surface area contributed by atoms with Crippen LogP contribution in [0.25, 0.3) is 16.9 Å². The lowest BCUT2D eigenvalue weighted by atomic mass is 10.2. The van der Waals surface area contributed by atoms with E-state index in [4.69, 9.17) is 0 Å². The molecule has 0 radical (unpaired) electrons. The molecule has 0 amide bonds. The molecular weight excluding hydrogens is 222 g/mol. The fourth-order valence-corrected chi connectivity index (χ4v) is 1.74. The van der Waals surface area contributed by atoms with Crippen LogP contribution < -0.4 is 0 Å². The number of hydrogen-bond acceptors (Lipinski definition) is 1. The zero-order valence-electron chi connectivity index (χ0n) is 8.77. The molecule has 17 heavy (non-hydrogen) atoms. The zero-order valence-corrected chi connectivity index (χ0v) is 8.77. The van der Waals surface area contributed by atoms with E-state index in [0.717, 1.165) is 5.56 Å². The molecule has 0 spiro atoms. The third kappa shape index (κ3) is 1.67. The first-order valence-corrected chi connectivity index (χ1v) is 5.13. The van der Waals surface area contributed by atoms with E-state index in [9.17, 15) is 8.78 Å². The molecule has 1 aromatic carbocycles. The highest BCUT2D eigenvalue weighted by Crippen LogP contribution is 2.20. The van der Waals surface area contributed by atoms with E-state index in [1.165, 1.54) is 18.2 Å². The van der Waals surface area contributed by atoms with Gasteiger partial charge in [0.2, 0.25) is 0 Å². The van der Waals surface area contributed by atoms with E-state index >= 15 is 0 Å². The van der Waals surface area contributed by atoms with Crippen LogP contribution in [-0.4, -0.2) is 9.38 Å². The Morgan fingerprint density at radius 2 is 1.76 bits per heavy atom. The quantitative estimate of drug-likeness (QED) is 0.627. The van der Waals surface area contributed by atoms with E-state index in [2.05, 4.69) is 4.98 Å². The fraction of sp³-hybridized carbons (Fsp3) is 0. The minimum Gasteiger partial charge on any atom is -0.304 e. The summed E-state index contributed by atoms with van der Waals surface area (Å²) in [6.07, 6.45) is 3.43. The van der Waals surface area contributed by atoms with Gasteiger partial charge < -0.3 is 4.40 Å². The largest absolute Gasteiger partial charge is 0.304 e. The normalized spacial score (nSPS) is 10.9. The molecule has 0 N–H and O–H groups in total. The van der Waals surface area contributed by atoms with Crippen LogP contribution >= 0.6 is 0 Å². The highest BCUT2D eigenvalue weighted by Gasteiger charge is 2.07. The molecule has 0 atom stereocenters. The maximum Gasteiger partial charge on any atom is 0.173 e. The molecule has 4 heteroatoms. The Balaban J connectivity index is 2.18. The van der Waals surface area contributed by atoms with Gasteiger partial charge in [-0.1, -0.05) is 0 Å². The number of halogens is 2. The molecular formula is C13H8F2N2. The Hall–Kier alpha value is -2.23. The molecule has 0 aliphatic heterocycles. The molecule has 2 nitrogen and oxygen atoms in total. The Morgan fingerprint density at radius 3 is 2.47 bits per heavy atom. The zero-order chi connectivity index (χ0) is 11.8. The van der Waals surface area contributed by atoms with Crippen LogP contribution in [0, 0.1) is 11.6 Å². The van der Waals surface area contributed by atoms with Crippen LogP contribution in [0.15, 0.2) is 48.8 Å². The highest BCUT2D eigenvalue weighted by molar-refractivity contribution is 5.62. The second-order valence-corrected chi connectivity index (χ2v) is 3.72. The molecule has 0 aliphatic carbocycles. The van der Waals surface area contributed by atoms with Gasteiger partial charge in [-0.25, -0.2) is 13.8 Å². The van der Waals surface area contributed by atoms with Gasteiger partial charge in [-0.15, -0.1) is 0 Å². The molecule has 3 aromatic rings. The molecule has 0 fully saturated rings. The Morgan fingerprint density at radius 1 is 1.00 bits per heavy atom. The summed E-state index contributed by atoms with van der Waals surface area (Å²) < 4.78 is 27.8. The molecule has 0 unspecified atom stereocenters. The standard InChI is InChI=1S/C13H8F2N2/c14-10-5-3-9(4-6-10)12-8-17-7-1-2-11(15)13(17)16-12/h1-8H. The SMILES string of the molecule is Fc1ccc(-c2cn3cccc(F)c3n2)cc1. The van der Waals surface area contributed by atoms with Crippen molar-refractivity contribution in [2.24, 2.45) is 0 Å². The van der Waals surface area contributed by atoms with Crippen LogP contribution in [0.2, 0.25) is 0 Å². The van der Waals surface area contributed by atoms with Crippen LogP contribution in [0.1, 0.15) is 0 Å². The van der Waals surface area contributed by atoms with Crippen molar-refractivity contribution >= 4 is 5.65 Å². The van der Waals surface area contributed by atoms with Crippen LogP contribution in [0.5, 0.6) is 0 Å². The number of aromatic nitrogens is 2. The molecule has 3 rings (SSSR count). The first kappa shape index (κ1) is 9.96. The molecule has 0 bridgehead atoms. The lowest BCUT2D eigenvalue weighted by molar-refractivity contribution is 0.628. The summed E-state index contributed by atoms with van der Waals surface area (Å²) in [5.74, 6) is -0.676. The summed E-state index contributed by atoms with van der Waals surface area (Å²) in [4.78, 5) is 4.18. The summed E-state index contributed by atoms with van der Waals surface area (Å²) >= 11 is 0. The third-order valence-corrected chi connectivity index (χ3v) is 2.58. The third-order valence-electron chi connectivity index (χ3n) is 2.58. The van der Waals surface area contributed by atoms with Crippen molar-refractivity contribution in [3.05, 3.63) is 60.4 Å². The van der Waals surface area contributed by atoms with Crippen LogP contribution in [-0.2, 0) is 0 Å². The maximum atomic E-state index is 13.4. The first-order valence-electron chi connectivity index (χ1n) is 5.13. The lowest BCUT2D eigenvalue weighted by Gasteiger charge is -1.94. The van der Waals surface area contributed by atoms with E-state index in [1.54, 1.807) is 35.0 Å². The number of rotatable bonds is 1. The number of pyridine rings is 1. The van der Waals surface area contributed by atoms with Crippen molar-refractivity contribution in [1.82, 2.24) is 9.38 Å². The maximum absolute atomic E-state index is 13.4. The van der Waals surface area contributed by atoms with Crippen LogP contribution in [0.4, 0.5) is 8.78 Å². The molecule has 0 aliphatic rings. The second kappa shape index (κ2) is 3.66. The van der Waals surface area contributed by atoms with Gasteiger partial charge in [0.15, 0.2) is 11.5 Å². The van der Waals surface area contributed by atoms with Gasteiger partial charge in [-0.05, 0) is 36.4 Å². The first-order chi connectivity index (χ1) is 8.24. The second-order valence-electron chi connectivity index (χ2n) is 3.72. The summed E-state index contributed by atoms with van der Waals surface area (Å²) in [6, 6.07) is 8.92. The Bertz CT molecular complexity index is 671. The van der Waals surface area contributed by atoms with E-state index in [1.807, 2.05) is 0 Å². The van der Waals surface area contributed by atoms with Crippen molar-refractivity contribution in [1.29, 1.82) is 0 Å². The summed E-state index contributed by atoms with van der Waals surface area (Å²) in [7, 11) is 0. The summed E-state index contributed by atoms with van der Waals surface area (Å²) in [5.41, 5.74) is 1.65. The number of fused-ring (bicyclic) bond motifs is 1. The summed E-state index contributed by atoms with van der Waals surface area (Å²) in [5, 5.41) is 0. The van der Waals surface area contributed by atoms with Crippen molar-refractivity contribution in [2.75, 3.05) is 0 Å². The monoisotopic (exact) mass is 230 g/mol. The van der Waals surface area contributed by atoms with Crippen molar-refractivity contribution in [2.45, 2.75) is 0 Å². The Labute approximate surface area is 96.2 Å². The lowest BCUT2D eigenvalue weighted by Crippen LogP contribution is -1.84. The molecule has 2 heterocycles.